The zero-order chi connectivity index (χ0) is 22.7. The van der Waals surface area contributed by atoms with Crippen molar-refractivity contribution >= 4 is 18.0 Å². The van der Waals surface area contributed by atoms with E-state index >= 15 is 0 Å². The summed E-state index contributed by atoms with van der Waals surface area (Å²) in [6.45, 7) is 0.0867. The lowest BCUT2D eigenvalue weighted by atomic mass is 9.98. The van der Waals surface area contributed by atoms with E-state index in [1.807, 2.05) is 48.5 Å². The van der Waals surface area contributed by atoms with Crippen LogP contribution in [-0.4, -0.2) is 35.7 Å². The molecule has 0 saturated heterocycles. The summed E-state index contributed by atoms with van der Waals surface area (Å²) in [5, 5.41) is 11.9. The Hall–Kier alpha value is -4.13. The molecule has 0 saturated carbocycles. The quantitative estimate of drug-likeness (QED) is 0.531. The molecule has 2 amide bonds. The van der Waals surface area contributed by atoms with Crippen LogP contribution in [0.25, 0.3) is 11.1 Å². The van der Waals surface area contributed by atoms with Crippen molar-refractivity contribution in [1.29, 1.82) is 0 Å². The molecule has 7 heteroatoms. The molecule has 162 valence electrons. The summed E-state index contributed by atoms with van der Waals surface area (Å²) in [5.41, 5.74) is 10.5. The van der Waals surface area contributed by atoms with Gasteiger partial charge in [0.25, 0.3) is 0 Å². The summed E-state index contributed by atoms with van der Waals surface area (Å²) in [6, 6.07) is 21.0. The molecule has 3 aromatic rings. The monoisotopic (exact) mass is 430 g/mol. The van der Waals surface area contributed by atoms with Crippen molar-refractivity contribution in [3.8, 4) is 11.1 Å². The Balaban J connectivity index is 1.43. The fourth-order valence-electron chi connectivity index (χ4n) is 4.07. The fraction of sp³-hybridized carbons (Fsp3) is 0.160. The van der Waals surface area contributed by atoms with E-state index in [2.05, 4.69) is 5.32 Å². The van der Waals surface area contributed by atoms with Crippen LogP contribution in [0.3, 0.4) is 0 Å². The number of ether oxygens (including phenoxy) is 1. The van der Waals surface area contributed by atoms with Gasteiger partial charge in [-0.2, -0.15) is 0 Å². The zero-order valence-corrected chi connectivity index (χ0v) is 17.2. The van der Waals surface area contributed by atoms with Crippen LogP contribution >= 0.6 is 0 Å². The maximum atomic E-state index is 12.4. The van der Waals surface area contributed by atoms with E-state index in [0.29, 0.717) is 5.56 Å². The number of fused-ring (bicyclic) bond motifs is 3. The lowest BCUT2D eigenvalue weighted by Gasteiger charge is -2.17. The second-order valence-electron chi connectivity index (χ2n) is 7.63. The Kier molecular flexibility index (Phi) is 5.89. The number of primary amides is 1. The smallest absolute Gasteiger partial charge is 0.407 e. The third-order valence-electron chi connectivity index (χ3n) is 5.59. The standard InChI is InChI=1S/C25H22N2O5/c26-23(28)16-7-5-6-15(12-16)13-22(24(29)30)27-25(31)32-14-21-19-10-3-1-8-17(19)18-9-2-4-11-20(18)21/h1-12,21-22H,13-14H2,(H2,26,28)(H,27,31)(H,29,30). The second-order valence-corrected chi connectivity index (χ2v) is 7.63. The largest absolute Gasteiger partial charge is 0.480 e. The number of amides is 2. The van der Waals surface area contributed by atoms with Crippen LogP contribution in [0.2, 0.25) is 0 Å². The zero-order valence-electron chi connectivity index (χ0n) is 17.2. The summed E-state index contributed by atoms with van der Waals surface area (Å²) in [7, 11) is 0. The van der Waals surface area contributed by atoms with E-state index < -0.39 is 24.0 Å². The van der Waals surface area contributed by atoms with E-state index in [9.17, 15) is 19.5 Å². The number of alkyl carbamates (subject to hydrolysis) is 1. The van der Waals surface area contributed by atoms with Crippen molar-refractivity contribution in [2.75, 3.05) is 6.61 Å². The number of benzene rings is 3. The molecule has 32 heavy (non-hydrogen) atoms. The molecule has 4 rings (SSSR count). The summed E-state index contributed by atoms with van der Waals surface area (Å²) < 4.78 is 5.43. The van der Waals surface area contributed by atoms with E-state index in [4.69, 9.17) is 10.5 Å². The molecule has 1 unspecified atom stereocenters. The van der Waals surface area contributed by atoms with Crippen molar-refractivity contribution in [3.63, 3.8) is 0 Å². The number of hydrogen-bond acceptors (Lipinski definition) is 4. The minimum absolute atomic E-state index is 0.0132. The van der Waals surface area contributed by atoms with Crippen molar-refractivity contribution in [3.05, 3.63) is 95.1 Å². The highest BCUT2D eigenvalue weighted by Crippen LogP contribution is 2.44. The van der Waals surface area contributed by atoms with Crippen LogP contribution in [0.4, 0.5) is 4.79 Å². The topological polar surface area (TPSA) is 119 Å². The molecule has 0 fully saturated rings. The van der Waals surface area contributed by atoms with Gasteiger partial charge in [-0.15, -0.1) is 0 Å². The van der Waals surface area contributed by atoms with Crippen molar-refractivity contribution < 1.29 is 24.2 Å². The highest BCUT2D eigenvalue weighted by molar-refractivity contribution is 5.93. The molecular formula is C25H22N2O5. The second kappa shape index (κ2) is 8.93. The van der Waals surface area contributed by atoms with Gasteiger partial charge in [0, 0.05) is 17.9 Å². The van der Waals surface area contributed by atoms with E-state index in [1.165, 1.54) is 6.07 Å². The first-order chi connectivity index (χ1) is 15.4. The lowest BCUT2D eigenvalue weighted by Crippen LogP contribution is -2.43. The van der Waals surface area contributed by atoms with E-state index in [1.54, 1.807) is 18.2 Å². The van der Waals surface area contributed by atoms with Crippen LogP contribution < -0.4 is 11.1 Å². The Bertz CT molecular complexity index is 1140. The third kappa shape index (κ3) is 4.32. The van der Waals surface area contributed by atoms with Gasteiger partial charge < -0.3 is 20.9 Å². The molecular weight excluding hydrogens is 408 g/mol. The first-order valence-corrected chi connectivity index (χ1v) is 10.2. The van der Waals surface area contributed by atoms with Gasteiger partial charge in [0.1, 0.15) is 12.6 Å². The van der Waals surface area contributed by atoms with Gasteiger partial charge in [0.2, 0.25) is 5.91 Å². The molecule has 1 atom stereocenters. The summed E-state index contributed by atoms with van der Waals surface area (Å²) in [4.78, 5) is 35.5. The van der Waals surface area contributed by atoms with Crippen LogP contribution in [0.1, 0.15) is 33.0 Å². The highest BCUT2D eigenvalue weighted by atomic mass is 16.5. The van der Waals surface area contributed by atoms with Gasteiger partial charge in [-0.05, 0) is 39.9 Å². The van der Waals surface area contributed by atoms with Gasteiger partial charge in [0.05, 0.1) is 0 Å². The maximum absolute atomic E-state index is 12.4. The molecule has 3 aromatic carbocycles. The van der Waals surface area contributed by atoms with Crippen LogP contribution in [0.5, 0.6) is 0 Å². The molecule has 1 aliphatic rings. The van der Waals surface area contributed by atoms with E-state index in [-0.39, 0.29) is 24.5 Å². The number of carboxylic acids is 1. The molecule has 0 aromatic heterocycles. The average Bonchev–Trinajstić information content (AvgIpc) is 3.11. The van der Waals surface area contributed by atoms with Gasteiger partial charge in [-0.1, -0.05) is 60.7 Å². The summed E-state index contributed by atoms with van der Waals surface area (Å²) in [6.07, 6.45) is -0.828. The number of nitrogens with two attached hydrogens (primary N) is 1. The molecule has 0 bridgehead atoms. The average molecular weight is 430 g/mol. The number of aliphatic carboxylic acids is 1. The normalized spacial score (nSPS) is 13.0. The Morgan fingerprint density at radius 1 is 0.938 bits per heavy atom. The lowest BCUT2D eigenvalue weighted by molar-refractivity contribution is -0.139. The first-order valence-electron chi connectivity index (χ1n) is 10.2. The Morgan fingerprint density at radius 2 is 1.56 bits per heavy atom. The number of hydrogen-bond donors (Lipinski definition) is 3. The predicted molar refractivity (Wildman–Crippen MR) is 118 cm³/mol. The van der Waals surface area contributed by atoms with Crippen LogP contribution in [-0.2, 0) is 16.0 Å². The van der Waals surface area contributed by atoms with Crippen molar-refractivity contribution in [2.45, 2.75) is 18.4 Å². The molecule has 0 aliphatic heterocycles. The Labute approximate surface area is 184 Å². The fourth-order valence-corrected chi connectivity index (χ4v) is 4.07. The molecule has 0 heterocycles. The van der Waals surface area contributed by atoms with E-state index in [0.717, 1.165) is 22.3 Å². The SMILES string of the molecule is NC(=O)c1cccc(CC(NC(=O)OCC2c3ccccc3-c3ccccc32)C(=O)O)c1. The highest BCUT2D eigenvalue weighted by Gasteiger charge is 2.29. The third-order valence-corrected chi connectivity index (χ3v) is 5.59. The minimum atomic E-state index is -1.21. The molecule has 4 N–H and O–H groups in total. The van der Waals surface area contributed by atoms with Crippen molar-refractivity contribution in [2.24, 2.45) is 5.73 Å². The number of carbonyl (C=O) groups is 3. The molecule has 1 aliphatic carbocycles. The molecule has 0 spiro atoms. The number of nitrogens with one attached hydrogen (secondary N) is 1. The number of carboxylic acid groups (broad SMARTS) is 1. The van der Waals surface area contributed by atoms with Crippen LogP contribution in [0, 0.1) is 0 Å². The molecule has 0 radical (unpaired) electrons. The van der Waals surface area contributed by atoms with Crippen LogP contribution in [0.15, 0.2) is 72.8 Å². The van der Waals surface area contributed by atoms with Gasteiger partial charge in [-0.25, -0.2) is 9.59 Å². The summed E-state index contributed by atoms with van der Waals surface area (Å²) >= 11 is 0. The van der Waals surface area contributed by atoms with Crippen molar-refractivity contribution in [1.82, 2.24) is 5.32 Å². The van der Waals surface area contributed by atoms with Gasteiger partial charge in [0.15, 0.2) is 0 Å². The maximum Gasteiger partial charge on any atom is 0.407 e. The number of carbonyl (C=O) groups excluding carboxylic acids is 2. The van der Waals surface area contributed by atoms with Gasteiger partial charge in [-0.3, -0.25) is 4.79 Å². The van der Waals surface area contributed by atoms with Gasteiger partial charge >= 0.3 is 12.1 Å². The number of rotatable bonds is 7. The summed E-state index contributed by atoms with van der Waals surface area (Å²) in [5.74, 6) is -1.94. The minimum Gasteiger partial charge on any atom is -0.480 e. The first kappa shape index (κ1) is 21.1. The Morgan fingerprint density at radius 3 is 2.16 bits per heavy atom. The molecule has 7 nitrogen and oxygen atoms in total. The predicted octanol–water partition coefficient (Wildman–Crippen LogP) is 3.32.